The lowest BCUT2D eigenvalue weighted by Gasteiger charge is -2.27. The smallest absolute Gasteiger partial charge is 0.144 e. The summed E-state index contributed by atoms with van der Waals surface area (Å²) in [5, 5.41) is 6.91. The van der Waals surface area contributed by atoms with Crippen molar-refractivity contribution in [2.75, 3.05) is 4.90 Å². The number of rotatable bonds is 5. The molecular formula is C48H29NO2S. The van der Waals surface area contributed by atoms with Gasteiger partial charge in [-0.15, -0.1) is 11.3 Å². The number of benzene rings is 8. The van der Waals surface area contributed by atoms with Crippen LogP contribution in [0.1, 0.15) is 0 Å². The second-order valence-electron chi connectivity index (χ2n) is 13.3. The summed E-state index contributed by atoms with van der Waals surface area (Å²) in [6, 6.07) is 62.5. The number of anilines is 3. The number of hydrogen-bond acceptors (Lipinski definition) is 4. The molecule has 11 rings (SSSR count). The van der Waals surface area contributed by atoms with Crippen molar-refractivity contribution in [2.45, 2.75) is 0 Å². The van der Waals surface area contributed by atoms with E-state index in [-0.39, 0.29) is 0 Å². The Labute approximate surface area is 303 Å². The third-order valence-electron chi connectivity index (χ3n) is 10.3. The average Bonchev–Trinajstić information content (AvgIpc) is 3.90. The van der Waals surface area contributed by atoms with E-state index in [0.717, 1.165) is 77.5 Å². The van der Waals surface area contributed by atoms with E-state index in [1.165, 1.54) is 25.9 Å². The van der Waals surface area contributed by atoms with Gasteiger partial charge in [0.1, 0.15) is 22.3 Å². The van der Waals surface area contributed by atoms with E-state index in [1.54, 1.807) is 0 Å². The predicted molar refractivity (Wildman–Crippen MR) is 219 cm³/mol. The van der Waals surface area contributed by atoms with Crippen molar-refractivity contribution < 1.29 is 8.83 Å². The lowest BCUT2D eigenvalue weighted by molar-refractivity contribution is 0.669. The minimum absolute atomic E-state index is 0.899. The van der Waals surface area contributed by atoms with Crippen molar-refractivity contribution in [3.63, 3.8) is 0 Å². The summed E-state index contributed by atoms with van der Waals surface area (Å²) in [5.74, 6) is 0. The fraction of sp³-hybridized carbons (Fsp3) is 0. The molecule has 3 heterocycles. The molecule has 0 aliphatic carbocycles. The first-order chi connectivity index (χ1) is 25.8. The van der Waals surface area contributed by atoms with Gasteiger partial charge in [-0.05, 0) is 95.1 Å². The molecule has 3 nitrogen and oxygen atoms in total. The Morgan fingerprint density at radius 1 is 0.365 bits per heavy atom. The molecule has 0 amide bonds. The third kappa shape index (κ3) is 4.51. The molecule has 0 aliphatic rings. The zero-order valence-electron chi connectivity index (χ0n) is 27.9. The summed E-state index contributed by atoms with van der Waals surface area (Å²) < 4.78 is 15.3. The molecule has 0 bridgehead atoms. The maximum absolute atomic E-state index is 6.64. The fourth-order valence-corrected chi connectivity index (χ4v) is 8.95. The molecule has 8 aromatic carbocycles. The summed E-state index contributed by atoms with van der Waals surface area (Å²) in [6.45, 7) is 0. The number of nitrogens with zero attached hydrogens (tertiary/aromatic N) is 1. The van der Waals surface area contributed by atoms with Gasteiger partial charge in [0.2, 0.25) is 0 Å². The van der Waals surface area contributed by atoms with Crippen LogP contribution in [0.4, 0.5) is 17.1 Å². The van der Waals surface area contributed by atoms with E-state index in [0.29, 0.717) is 0 Å². The van der Waals surface area contributed by atoms with E-state index in [2.05, 4.69) is 163 Å². The number of fused-ring (bicyclic) bond motifs is 10. The Balaban J connectivity index is 1.10. The Bertz CT molecular complexity index is 3110. The maximum atomic E-state index is 6.64. The van der Waals surface area contributed by atoms with Gasteiger partial charge in [0, 0.05) is 53.1 Å². The maximum Gasteiger partial charge on any atom is 0.144 e. The quantitative estimate of drug-likeness (QED) is 0.181. The van der Waals surface area contributed by atoms with Crippen molar-refractivity contribution in [1.82, 2.24) is 0 Å². The van der Waals surface area contributed by atoms with Gasteiger partial charge >= 0.3 is 0 Å². The normalized spacial score (nSPS) is 11.8. The van der Waals surface area contributed by atoms with Crippen molar-refractivity contribution in [1.29, 1.82) is 0 Å². The number of para-hydroxylation sites is 2. The van der Waals surface area contributed by atoms with Crippen molar-refractivity contribution in [3.05, 3.63) is 176 Å². The molecule has 3 aromatic heterocycles. The van der Waals surface area contributed by atoms with Crippen LogP contribution in [0.3, 0.4) is 0 Å². The number of thiophene rings is 1. The molecule has 0 spiro atoms. The molecule has 4 heteroatoms. The molecule has 0 N–H and O–H groups in total. The first-order valence-electron chi connectivity index (χ1n) is 17.5. The summed E-state index contributed by atoms with van der Waals surface area (Å²) in [5.41, 5.74) is 11.6. The van der Waals surface area contributed by atoms with Gasteiger partial charge in [-0.3, -0.25) is 0 Å². The Hall–Kier alpha value is -6.62. The van der Waals surface area contributed by atoms with Crippen LogP contribution in [0.2, 0.25) is 0 Å². The van der Waals surface area contributed by atoms with Gasteiger partial charge in [-0.2, -0.15) is 0 Å². The topological polar surface area (TPSA) is 29.5 Å². The standard InChI is InChI=1S/C48H29NO2S/c1-2-9-30(10-3-1)31-17-22-34(23-18-31)49(35-24-19-32(20-25-35)33-21-26-38-36-11-4-6-14-41(36)50-43(38)29-33)40-13-8-16-44-46(40)47-45(52-44)28-27-39-37-12-5-7-15-42(37)51-48(39)47/h1-29H. The Morgan fingerprint density at radius 3 is 1.67 bits per heavy atom. The summed E-state index contributed by atoms with van der Waals surface area (Å²) >= 11 is 1.81. The highest BCUT2D eigenvalue weighted by Crippen LogP contribution is 2.48. The molecule has 0 radical (unpaired) electrons. The first kappa shape index (κ1) is 29.1. The molecule has 52 heavy (non-hydrogen) atoms. The molecule has 0 unspecified atom stereocenters. The van der Waals surface area contributed by atoms with Gasteiger partial charge in [0.05, 0.1) is 5.69 Å². The van der Waals surface area contributed by atoms with E-state index in [1.807, 2.05) is 29.5 Å². The molecule has 0 atom stereocenters. The minimum atomic E-state index is 0.899. The van der Waals surface area contributed by atoms with Crippen LogP contribution >= 0.6 is 11.3 Å². The van der Waals surface area contributed by atoms with Crippen molar-refractivity contribution >= 4 is 92.4 Å². The predicted octanol–water partition coefficient (Wildman–Crippen LogP) is 14.7. The SMILES string of the molecule is c1ccc(-c2ccc(N(c3ccc(-c4ccc5c(c4)oc4ccccc45)cc3)c3cccc4sc5ccc6c7ccccc7oc6c5c34)cc2)cc1. The molecule has 0 aliphatic heterocycles. The van der Waals surface area contributed by atoms with Gasteiger partial charge < -0.3 is 13.7 Å². The summed E-state index contributed by atoms with van der Waals surface area (Å²) in [4.78, 5) is 2.39. The molecular weight excluding hydrogens is 655 g/mol. The monoisotopic (exact) mass is 683 g/mol. The fourth-order valence-electron chi connectivity index (χ4n) is 7.82. The number of furan rings is 2. The zero-order valence-corrected chi connectivity index (χ0v) is 28.7. The Kier molecular flexibility index (Phi) is 6.42. The number of hydrogen-bond donors (Lipinski definition) is 0. The van der Waals surface area contributed by atoms with Gasteiger partial charge in [0.15, 0.2) is 0 Å². The Morgan fingerprint density at radius 2 is 0.923 bits per heavy atom. The minimum Gasteiger partial charge on any atom is -0.456 e. The van der Waals surface area contributed by atoms with Crippen LogP contribution in [-0.4, -0.2) is 0 Å². The second kappa shape index (κ2) is 11.5. The van der Waals surface area contributed by atoms with Gasteiger partial charge in [-0.25, -0.2) is 0 Å². The van der Waals surface area contributed by atoms with Crippen LogP contribution in [0.5, 0.6) is 0 Å². The van der Waals surface area contributed by atoms with Crippen molar-refractivity contribution in [2.24, 2.45) is 0 Å². The van der Waals surface area contributed by atoms with Crippen LogP contribution < -0.4 is 4.90 Å². The van der Waals surface area contributed by atoms with Gasteiger partial charge in [-0.1, -0.05) is 103 Å². The van der Waals surface area contributed by atoms with Crippen LogP contribution in [0.25, 0.3) is 86.3 Å². The summed E-state index contributed by atoms with van der Waals surface area (Å²) in [6.07, 6.45) is 0. The van der Waals surface area contributed by atoms with E-state index in [4.69, 9.17) is 8.83 Å². The van der Waals surface area contributed by atoms with E-state index in [9.17, 15) is 0 Å². The molecule has 11 aromatic rings. The summed E-state index contributed by atoms with van der Waals surface area (Å²) in [7, 11) is 0. The molecule has 0 saturated heterocycles. The van der Waals surface area contributed by atoms with Gasteiger partial charge in [0.25, 0.3) is 0 Å². The van der Waals surface area contributed by atoms with Crippen molar-refractivity contribution in [3.8, 4) is 22.3 Å². The highest BCUT2D eigenvalue weighted by Gasteiger charge is 2.22. The van der Waals surface area contributed by atoms with E-state index >= 15 is 0 Å². The van der Waals surface area contributed by atoms with Crippen LogP contribution in [0, 0.1) is 0 Å². The lowest BCUT2D eigenvalue weighted by atomic mass is 10.0. The highest BCUT2D eigenvalue weighted by molar-refractivity contribution is 7.26. The third-order valence-corrected chi connectivity index (χ3v) is 11.4. The zero-order chi connectivity index (χ0) is 34.2. The molecule has 0 saturated carbocycles. The highest BCUT2D eigenvalue weighted by atomic mass is 32.1. The second-order valence-corrected chi connectivity index (χ2v) is 14.4. The van der Waals surface area contributed by atoms with Crippen LogP contribution in [0.15, 0.2) is 185 Å². The first-order valence-corrected chi connectivity index (χ1v) is 18.3. The molecule has 244 valence electrons. The van der Waals surface area contributed by atoms with Crippen LogP contribution in [-0.2, 0) is 0 Å². The molecule has 0 fully saturated rings. The largest absolute Gasteiger partial charge is 0.456 e. The van der Waals surface area contributed by atoms with E-state index < -0.39 is 0 Å². The lowest BCUT2D eigenvalue weighted by Crippen LogP contribution is -2.10. The average molecular weight is 684 g/mol.